The van der Waals surface area contributed by atoms with Gasteiger partial charge >= 0.3 is 5.97 Å². The summed E-state index contributed by atoms with van der Waals surface area (Å²) in [7, 11) is 4.31. The minimum Gasteiger partial charge on any atom is -0.493 e. The lowest BCUT2D eigenvalue weighted by Gasteiger charge is -2.14. The smallest absolute Gasteiger partial charge is 0.339 e. The molecule has 0 aromatic heterocycles. The van der Waals surface area contributed by atoms with E-state index in [0.29, 0.717) is 17.2 Å². The minimum atomic E-state index is -1.03. The van der Waals surface area contributed by atoms with Crippen LogP contribution in [0.15, 0.2) is 12.1 Å². The van der Waals surface area contributed by atoms with Crippen molar-refractivity contribution in [3.05, 3.63) is 17.7 Å². The normalized spacial score (nSPS) is 11.4. The first kappa shape index (κ1) is 15.6. The van der Waals surface area contributed by atoms with Crippen LogP contribution in [0.3, 0.4) is 0 Å². The van der Waals surface area contributed by atoms with Gasteiger partial charge in [0.15, 0.2) is 17.6 Å². The average Bonchev–Trinajstić information content (AvgIpc) is 2.45. The average molecular weight is 283 g/mol. The number of methoxy groups -OCH3 is 3. The molecule has 0 aliphatic carbocycles. The van der Waals surface area contributed by atoms with Crippen LogP contribution in [0.25, 0.3) is 0 Å². The molecule has 0 aliphatic rings. The van der Waals surface area contributed by atoms with Crippen LogP contribution in [0.4, 0.5) is 0 Å². The van der Waals surface area contributed by atoms with E-state index >= 15 is 0 Å². The van der Waals surface area contributed by atoms with Crippen LogP contribution >= 0.6 is 0 Å². The Hall–Kier alpha value is -2.44. The number of hydrogen-bond acceptors (Lipinski definition) is 6. The zero-order valence-electron chi connectivity index (χ0n) is 11.8. The van der Waals surface area contributed by atoms with Crippen molar-refractivity contribution in [3.63, 3.8) is 0 Å². The first-order chi connectivity index (χ1) is 9.44. The van der Waals surface area contributed by atoms with Gasteiger partial charge in [-0.05, 0) is 19.1 Å². The molecule has 1 aromatic carbocycles. The summed E-state index contributed by atoms with van der Waals surface area (Å²) < 4.78 is 20.3. The highest BCUT2D eigenvalue weighted by Gasteiger charge is 2.20. The SMILES string of the molecule is COc1cc(C(=O)O[C@@H](C)C(N)=O)cc(OC)c1OC. The van der Waals surface area contributed by atoms with Crippen molar-refractivity contribution in [2.45, 2.75) is 13.0 Å². The molecule has 0 aliphatic heterocycles. The van der Waals surface area contributed by atoms with Crippen LogP contribution in [0.2, 0.25) is 0 Å². The molecule has 110 valence electrons. The Bertz CT molecular complexity index is 489. The van der Waals surface area contributed by atoms with Gasteiger partial charge in [0.2, 0.25) is 5.75 Å². The number of ether oxygens (including phenoxy) is 4. The predicted octanol–water partition coefficient (Wildman–Crippen LogP) is 0.743. The van der Waals surface area contributed by atoms with E-state index in [2.05, 4.69) is 0 Å². The Labute approximate surface area is 116 Å². The Morgan fingerprint density at radius 1 is 1.05 bits per heavy atom. The number of hydrogen-bond donors (Lipinski definition) is 1. The second-order valence-electron chi connectivity index (χ2n) is 3.86. The Balaban J connectivity index is 3.13. The number of esters is 1. The standard InChI is InChI=1S/C13H17NO6/c1-7(12(14)15)20-13(16)8-5-9(17-2)11(19-4)10(6-8)18-3/h5-7H,1-4H3,(H2,14,15)/t7-/m0/s1. The summed E-state index contributed by atoms with van der Waals surface area (Å²) in [6.45, 7) is 1.39. The van der Waals surface area contributed by atoms with Gasteiger partial charge < -0.3 is 24.7 Å². The third-order valence-corrected chi connectivity index (χ3v) is 2.58. The summed E-state index contributed by atoms with van der Waals surface area (Å²) in [6, 6.07) is 2.86. The minimum absolute atomic E-state index is 0.160. The highest BCUT2D eigenvalue weighted by molar-refractivity contribution is 5.93. The van der Waals surface area contributed by atoms with Gasteiger partial charge in [0, 0.05) is 0 Å². The molecule has 0 unspecified atom stereocenters. The van der Waals surface area contributed by atoms with Crippen LogP contribution in [0.1, 0.15) is 17.3 Å². The number of benzene rings is 1. The van der Waals surface area contributed by atoms with E-state index in [1.165, 1.54) is 40.4 Å². The first-order valence-electron chi connectivity index (χ1n) is 5.74. The lowest BCUT2D eigenvalue weighted by molar-refractivity contribution is -0.125. The third kappa shape index (κ3) is 3.31. The lowest BCUT2D eigenvalue weighted by Crippen LogP contribution is -2.30. The van der Waals surface area contributed by atoms with E-state index in [-0.39, 0.29) is 5.56 Å². The third-order valence-electron chi connectivity index (χ3n) is 2.58. The number of amides is 1. The maximum Gasteiger partial charge on any atom is 0.339 e. The van der Waals surface area contributed by atoms with E-state index in [0.717, 1.165) is 0 Å². The van der Waals surface area contributed by atoms with Crippen molar-refractivity contribution < 1.29 is 28.5 Å². The highest BCUT2D eigenvalue weighted by atomic mass is 16.5. The zero-order chi connectivity index (χ0) is 15.3. The van der Waals surface area contributed by atoms with Gasteiger partial charge in [-0.2, -0.15) is 0 Å². The Kier molecular flexibility index (Phi) is 5.19. The van der Waals surface area contributed by atoms with Crippen molar-refractivity contribution >= 4 is 11.9 Å². The molecule has 0 fully saturated rings. The lowest BCUT2D eigenvalue weighted by atomic mass is 10.2. The van der Waals surface area contributed by atoms with Gasteiger partial charge in [0.1, 0.15) is 0 Å². The first-order valence-corrected chi connectivity index (χ1v) is 5.74. The quantitative estimate of drug-likeness (QED) is 0.773. The molecule has 0 bridgehead atoms. The fourth-order valence-corrected chi connectivity index (χ4v) is 1.49. The molecule has 1 aromatic rings. The van der Waals surface area contributed by atoms with Crippen molar-refractivity contribution in [1.29, 1.82) is 0 Å². The summed E-state index contributed by atoms with van der Waals surface area (Å²) in [5, 5.41) is 0. The molecule has 0 radical (unpaired) electrons. The molecule has 1 atom stereocenters. The van der Waals surface area contributed by atoms with Gasteiger partial charge in [-0.25, -0.2) is 4.79 Å². The maximum atomic E-state index is 11.9. The molecule has 20 heavy (non-hydrogen) atoms. The van der Waals surface area contributed by atoms with Crippen molar-refractivity contribution in [3.8, 4) is 17.2 Å². The van der Waals surface area contributed by atoms with Gasteiger partial charge in [-0.15, -0.1) is 0 Å². The molecule has 2 N–H and O–H groups in total. The maximum absolute atomic E-state index is 11.9. The van der Waals surface area contributed by atoms with Crippen LogP contribution in [-0.2, 0) is 9.53 Å². The molecule has 1 amide bonds. The van der Waals surface area contributed by atoms with Crippen LogP contribution in [-0.4, -0.2) is 39.3 Å². The van der Waals surface area contributed by atoms with E-state index < -0.39 is 18.0 Å². The molecule has 7 nitrogen and oxygen atoms in total. The molecular weight excluding hydrogens is 266 g/mol. The van der Waals surface area contributed by atoms with E-state index in [1.54, 1.807) is 0 Å². The summed E-state index contributed by atoms with van der Waals surface area (Å²) in [6.07, 6.45) is -1.03. The molecule has 0 saturated carbocycles. The topological polar surface area (TPSA) is 97.1 Å². The summed E-state index contributed by atoms with van der Waals surface area (Å²) in [5.41, 5.74) is 5.19. The summed E-state index contributed by atoms with van der Waals surface area (Å²) in [5.74, 6) is -0.466. The van der Waals surface area contributed by atoms with Crippen molar-refractivity contribution in [2.75, 3.05) is 21.3 Å². The van der Waals surface area contributed by atoms with E-state index in [9.17, 15) is 9.59 Å². The predicted molar refractivity (Wildman–Crippen MR) is 70.2 cm³/mol. The van der Waals surface area contributed by atoms with Gasteiger partial charge in [0.05, 0.1) is 26.9 Å². The Morgan fingerprint density at radius 3 is 1.90 bits per heavy atom. The van der Waals surface area contributed by atoms with E-state index in [4.69, 9.17) is 24.7 Å². The number of carbonyl (C=O) groups is 2. The van der Waals surface area contributed by atoms with E-state index in [1.807, 2.05) is 0 Å². The van der Waals surface area contributed by atoms with Crippen molar-refractivity contribution in [1.82, 2.24) is 0 Å². The van der Waals surface area contributed by atoms with Crippen LogP contribution < -0.4 is 19.9 Å². The largest absolute Gasteiger partial charge is 0.493 e. The highest BCUT2D eigenvalue weighted by Crippen LogP contribution is 2.38. The monoisotopic (exact) mass is 283 g/mol. The molecule has 0 saturated heterocycles. The second-order valence-corrected chi connectivity index (χ2v) is 3.86. The second kappa shape index (κ2) is 6.65. The van der Waals surface area contributed by atoms with Gasteiger partial charge in [-0.1, -0.05) is 0 Å². The fraction of sp³-hybridized carbons (Fsp3) is 0.385. The molecule has 1 rings (SSSR count). The molecule has 0 spiro atoms. The summed E-state index contributed by atoms with van der Waals surface area (Å²) >= 11 is 0. The van der Waals surface area contributed by atoms with Crippen molar-refractivity contribution in [2.24, 2.45) is 5.73 Å². The van der Waals surface area contributed by atoms with Crippen LogP contribution in [0.5, 0.6) is 17.2 Å². The summed E-state index contributed by atoms with van der Waals surface area (Å²) in [4.78, 5) is 22.8. The molecular formula is C13H17NO6. The van der Waals surface area contributed by atoms with Crippen LogP contribution in [0, 0.1) is 0 Å². The van der Waals surface area contributed by atoms with Gasteiger partial charge in [0.25, 0.3) is 5.91 Å². The van der Waals surface area contributed by atoms with Gasteiger partial charge in [-0.3, -0.25) is 4.79 Å². The fourth-order valence-electron chi connectivity index (χ4n) is 1.49. The molecule has 0 heterocycles. The number of rotatable bonds is 6. The number of carbonyl (C=O) groups excluding carboxylic acids is 2. The number of nitrogens with two attached hydrogens (primary N) is 1. The number of primary amides is 1. The Morgan fingerprint density at radius 2 is 1.55 bits per heavy atom. The molecule has 7 heteroatoms. The zero-order valence-corrected chi connectivity index (χ0v) is 11.8.